The highest BCUT2D eigenvalue weighted by Gasteiger charge is 2.19. The van der Waals surface area contributed by atoms with Gasteiger partial charge in [-0.05, 0) is 68.1 Å². The molecule has 0 saturated carbocycles. The number of hydrogen-bond acceptors (Lipinski definition) is 4. The molecular weight excluding hydrogens is 421 g/mol. The Balaban J connectivity index is 0.00000225. The fourth-order valence-corrected chi connectivity index (χ4v) is 3.62. The van der Waals surface area contributed by atoms with E-state index in [4.69, 9.17) is 10.5 Å². The highest BCUT2D eigenvalue weighted by atomic mass is 35.5. The third kappa shape index (κ3) is 7.71. The predicted octanol–water partition coefficient (Wildman–Crippen LogP) is 5.25. The van der Waals surface area contributed by atoms with Gasteiger partial charge in [0.25, 0.3) is 5.91 Å². The molecule has 1 amide bonds. The zero-order chi connectivity index (χ0) is 19.9. The standard InChI is InChI=1S/C23H31N3O2.2ClH/c1-17(2)16-26-14-5-6-19(13-15-26)28-20-11-9-18(10-12-20)23(27)25-22-8-4-3-7-21(22)24;;/h3-4,7-12,17,19H,5-6,13-16,24H2,1-2H3,(H,25,27);2*1H. The lowest BCUT2D eigenvalue weighted by Crippen LogP contribution is -2.29. The number of ether oxygens (including phenoxy) is 1. The molecule has 5 nitrogen and oxygen atoms in total. The molecule has 0 aromatic heterocycles. The molecule has 3 rings (SSSR count). The number of carbonyl (C=O) groups is 1. The van der Waals surface area contributed by atoms with E-state index in [-0.39, 0.29) is 36.8 Å². The first-order valence-corrected chi connectivity index (χ1v) is 10.2. The van der Waals surface area contributed by atoms with Gasteiger partial charge in [0.15, 0.2) is 0 Å². The maximum absolute atomic E-state index is 12.4. The Hall–Kier alpha value is -1.95. The van der Waals surface area contributed by atoms with Crippen molar-refractivity contribution in [2.24, 2.45) is 5.92 Å². The number of carbonyl (C=O) groups excluding carboxylic acids is 1. The molecule has 1 atom stereocenters. The number of halogens is 2. The van der Waals surface area contributed by atoms with E-state index in [0.29, 0.717) is 22.9 Å². The van der Waals surface area contributed by atoms with Crippen LogP contribution < -0.4 is 15.8 Å². The van der Waals surface area contributed by atoms with Gasteiger partial charge < -0.3 is 20.7 Å². The molecule has 1 unspecified atom stereocenters. The zero-order valence-corrected chi connectivity index (χ0v) is 19.3. The van der Waals surface area contributed by atoms with E-state index in [1.807, 2.05) is 24.3 Å². The number of nitrogens with one attached hydrogen (secondary N) is 1. The van der Waals surface area contributed by atoms with Gasteiger partial charge >= 0.3 is 0 Å². The summed E-state index contributed by atoms with van der Waals surface area (Å²) in [6.07, 6.45) is 3.52. The SMILES string of the molecule is CC(C)CN1CCCC(Oc2ccc(C(=O)Nc3ccccc3N)cc2)CC1.Cl.Cl. The van der Waals surface area contributed by atoms with Gasteiger partial charge in [-0.3, -0.25) is 4.79 Å². The number of nitrogens with zero attached hydrogens (tertiary/aromatic N) is 1. The van der Waals surface area contributed by atoms with Gasteiger partial charge in [-0.15, -0.1) is 24.8 Å². The second kappa shape index (κ2) is 12.7. The summed E-state index contributed by atoms with van der Waals surface area (Å²) in [7, 11) is 0. The number of nitrogens with two attached hydrogens (primary N) is 1. The van der Waals surface area contributed by atoms with E-state index < -0.39 is 0 Å². The van der Waals surface area contributed by atoms with Crippen molar-refractivity contribution >= 4 is 42.1 Å². The Kier molecular flexibility index (Phi) is 11.0. The summed E-state index contributed by atoms with van der Waals surface area (Å²) in [6, 6.07) is 14.6. The average Bonchev–Trinajstić information content (AvgIpc) is 2.89. The Morgan fingerprint density at radius 2 is 1.80 bits per heavy atom. The van der Waals surface area contributed by atoms with Gasteiger partial charge in [0.2, 0.25) is 0 Å². The number of rotatable bonds is 6. The van der Waals surface area contributed by atoms with E-state index in [0.717, 1.165) is 44.6 Å². The molecule has 1 fully saturated rings. The minimum absolute atomic E-state index is 0. The highest BCUT2D eigenvalue weighted by Crippen LogP contribution is 2.22. The van der Waals surface area contributed by atoms with Crippen LogP contribution in [0.2, 0.25) is 0 Å². The van der Waals surface area contributed by atoms with E-state index in [9.17, 15) is 4.79 Å². The van der Waals surface area contributed by atoms with Crippen LogP contribution in [0.5, 0.6) is 5.75 Å². The van der Waals surface area contributed by atoms with Crippen LogP contribution in [-0.4, -0.2) is 36.5 Å². The number of benzene rings is 2. The van der Waals surface area contributed by atoms with Crippen LogP contribution in [0, 0.1) is 5.92 Å². The molecule has 0 aliphatic carbocycles. The summed E-state index contributed by atoms with van der Waals surface area (Å²) in [6.45, 7) is 7.93. The molecular formula is C23H33Cl2N3O2. The van der Waals surface area contributed by atoms with E-state index >= 15 is 0 Å². The highest BCUT2D eigenvalue weighted by molar-refractivity contribution is 6.05. The molecule has 0 bridgehead atoms. The largest absolute Gasteiger partial charge is 0.490 e. The molecule has 1 saturated heterocycles. The molecule has 2 aromatic carbocycles. The molecule has 1 aliphatic rings. The quantitative estimate of drug-likeness (QED) is 0.585. The smallest absolute Gasteiger partial charge is 0.255 e. The average molecular weight is 454 g/mol. The van der Waals surface area contributed by atoms with Gasteiger partial charge in [0.05, 0.1) is 17.5 Å². The summed E-state index contributed by atoms with van der Waals surface area (Å²) in [5.41, 5.74) is 7.64. The topological polar surface area (TPSA) is 67.6 Å². The molecule has 0 radical (unpaired) electrons. The Labute approximate surface area is 192 Å². The van der Waals surface area contributed by atoms with E-state index in [2.05, 4.69) is 24.1 Å². The maximum atomic E-state index is 12.4. The van der Waals surface area contributed by atoms with Crippen molar-refractivity contribution in [3.63, 3.8) is 0 Å². The third-order valence-electron chi connectivity index (χ3n) is 5.02. The van der Waals surface area contributed by atoms with Crippen molar-refractivity contribution < 1.29 is 9.53 Å². The number of amides is 1. The molecule has 166 valence electrons. The summed E-state index contributed by atoms with van der Waals surface area (Å²) in [5, 5.41) is 2.85. The Bertz CT molecular complexity index is 784. The number of likely N-dealkylation sites (tertiary alicyclic amines) is 1. The van der Waals surface area contributed by atoms with Crippen LogP contribution in [0.4, 0.5) is 11.4 Å². The molecule has 3 N–H and O–H groups in total. The fraction of sp³-hybridized carbons (Fsp3) is 0.435. The van der Waals surface area contributed by atoms with Gasteiger partial charge in [-0.2, -0.15) is 0 Å². The second-order valence-electron chi connectivity index (χ2n) is 7.93. The number of nitrogen functional groups attached to an aromatic ring is 1. The number of hydrogen-bond donors (Lipinski definition) is 2. The lowest BCUT2D eigenvalue weighted by atomic mass is 10.1. The third-order valence-corrected chi connectivity index (χ3v) is 5.02. The monoisotopic (exact) mass is 453 g/mol. The second-order valence-corrected chi connectivity index (χ2v) is 7.93. The summed E-state index contributed by atoms with van der Waals surface area (Å²) < 4.78 is 6.18. The van der Waals surface area contributed by atoms with E-state index in [1.54, 1.807) is 24.3 Å². The van der Waals surface area contributed by atoms with Crippen molar-refractivity contribution in [2.45, 2.75) is 39.2 Å². The van der Waals surface area contributed by atoms with Crippen molar-refractivity contribution in [1.29, 1.82) is 0 Å². The van der Waals surface area contributed by atoms with Crippen LogP contribution in [0.1, 0.15) is 43.5 Å². The van der Waals surface area contributed by atoms with Crippen molar-refractivity contribution in [3.8, 4) is 5.75 Å². The molecule has 7 heteroatoms. The van der Waals surface area contributed by atoms with Crippen molar-refractivity contribution in [2.75, 3.05) is 30.7 Å². The minimum Gasteiger partial charge on any atom is -0.490 e. The Morgan fingerprint density at radius 3 is 2.47 bits per heavy atom. The summed E-state index contributed by atoms with van der Waals surface area (Å²) in [4.78, 5) is 15.0. The zero-order valence-electron chi connectivity index (χ0n) is 17.7. The molecule has 30 heavy (non-hydrogen) atoms. The molecule has 0 spiro atoms. The van der Waals surface area contributed by atoms with Gasteiger partial charge in [0.1, 0.15) is 5.75 Å². The minimum atomic E-state index is -0.178. The number of anilines is 2. The molecule has 1 heterocycles. The normalized spacial score (nSPS) is 16.7. The van der Waals surface area contributed by atoms with E-state index in [1.165, 1.54) is 0 Å². The van der Waals surface area contributed by atoms with Crippen LogP contribution in [0.25, 0.3) is 0 Å². The summed E-state index contributed by atoms with van der Waals surface area (Å²) in [5.74, 6) is 1.34. The lowest BCUT2D eigenvalue weighted by molar-refractivity contribution is 0.102. The number of para-hydroxylation sites is 2. The first kappa shape index (κ1) is 26.1. The van der Waals surface area contributed by atoms with Crippen LogP contribution in [0.15, 0.2) is 48.5 Å². The molecule has 1 aliphatic heterocycles. The van der Waals surface area contributed by atoms with Gasteiger partial charge in [0, 0.05) is 18.7 Å². The van der Waals surface area contributed by atoms with Crippen molar-refractivity contribution in [3.05, 3.63) is 54.1 Å². The first-order valence-electron chi connectivity index (χ1n) is 10.2. The van der Waals surface area contributed by atoms with Gasteiger partial charge in [-0.1, -0.05) is 26.0 Å². The lowest BCUT2D eigenvalue weighted by Gasteiger charge is -2.22. The van der Waals surface area contributed by atoms with Crippen LogP contribution >= 0.6 is 24.8 Å². The van der Waals surface area contributed by atoms with Crippen LogP contribution in [-0.2, 0) is 0 Å². The predicted molar refractivity (Wildman–Crippen MR) is 129 cm³/mol. The Morgan fingerprint density at radius 1 is 1.10 bits per heavy atom. The van der Waals surface area contributed by atoms with Crippen molar-refractivity contribution in [1.82, 2.24) is 4.90 Å². The molecule has 2 aromatic rings. The van der Waals surface area contributed by atoms with Crippen LogP contribution in [0.3, 0.4) is 0 Å². The summed E-state index contributed by atoms with van der Waals surface area (Å²) >= 11 is 0. The fourth-order valence-electron chi connectivity index (χ4n) is 3.62. The first-order chi connectivity index (χ1) is 13.5. The maximum Gasteiger partial charge on any atom is 0.255 e. The van der Waals surface area contributed by atoms with Gasteiger partial charge in [-0.25, -0.2) is 0 Å².